The Bertz CT molecular complexity index is 432. The monoisotopic (exact) mass is 250 g/mol. The maximum Gasteiger partial charge on any atom is 0.532 e. The average molecular weight is 250 g/mol. The third-order valence-corrected chi connectivity index (χ3v) is 4.17. The summed E-state index contributed by atoms with van der Waals surface area (Å²) in [6.07, 6.45) is 0. The van der Waals surface area contributed by atoms with Crippen molar-refractivity contribution in [2.24, 2.45) is 0 Å². The molecule has 0 aromatic carbocycles. The van der Waals surface area contributed by atoms with Crippen molar-refractivity contribution in [2.45, 2.75) is 44.8 Å². The van der Waals surface area contributed by atoms with Gasteiger partial charge < -0.3 is 18.5 Å². The molecule has 18 heavy (non-hydrogen) atoms. The molecule has 0 bridgehead atoms. The number of hydrogen-bond donors (Lipinski definition) is 0. The third kappa shape index (κ3) is 1.81. The van der Waals surface area contributed by atoms with E-state index in [0.717, 1.165) is 24.6 Å². The smallest absolute Gasteiger partial charge is 0.469 e. The molecule has 0 saturated carbocycles. The molecule has 1 aromatic rings. The Labute approximate surface area is 108 Å². The minimum atomic E-state index is -0.412. The van der Waals surface area contributed by atoms with Gasteiger partial charge in [0.05, 0.1) is 30.3 Å². The van der Waals surface area contributed by atoms with Gasteiger partial charge in [-0.25, -0.2) is 0 Å². The predicted octanol–water partition coefficient (Wildman–Crippen LogP) is 1.69. The van der Waals surface area contributed by atoms with Gasteiger partial charge in [0.2, 0.25) is 0 Å². The van der Waals surface area contributed by atoms with E-state index >= 15 is 0 Å². The molecule has 1 aromatic heterocycles. The van der Waals surface area contributed by atoms with Crippen LogP contribution in [0.2, 0.25) is 0 Å². The number of ether oxygens (including phenoxy) is 1. The van der Waals surface area contributed by atoms with Crippen molar-refractivity contribution < 1.29 is 18.5 Å². The summed E-state index contributed by atoms with van der Waals surface area (Å²) in [5.74, 6) is 1.35. The molecule has 0 aliphatic carbocycles. The first kappa shape index (κ1) is 12.3. The van der Waals surface area contributed by atoms with Gasteiger partial charge in [-0.3, -0.25) is 0 Å². The van der Waals surface area contributed by atoms with E-state index in [1.54, 1.807) is 0 Å². The Morgan fingerprint density at radius 1 is 1.06 bits per heavy atom. The Kier molecular flexibility index (Phi) is 2.63. The zero-order valence-electron chi connectivity index (χ0n) is 11.4. The van der Waals surface area contributed by atoms with Gasteiger partial charge in [0.15, 0.2) is 0 Å². The van der Waals surface area contributed by atoms with E-state index in [9.17, 15) is 0 Å². The van der Waals surface area contributed by atoms with Crippen molar-refractivity contribution >= 4 is 12.8 Å². The van der Waals surface area contributed by atoms with Crippen molar-refractivity contribution in [1.29, 1.82) is 0 Å². The largest absolute Gasteiger partial charge is 0.532 e. The lowest BCUT2D eigenvalue weighted by atomic mass is 9.86. The fourth-order valence-corrected chi connectivity index (χ4v) is 2.07. The summed E-state index contributed by atoms with van der Waals surface area (Å²) in [6.45, 7) is 9.65. The van der Waals surface area contributed by atoms with E-state index in [1.165, 1.54) is 0 Å². The highest BCUT2D eigenvalue weighted by Gasteiger charge is 2.53. The minimum absolute atomic E-state index is 0.329. The van der Waals surface area contributed by atoms with E-state index in [2.05, 4.69) is 0 Å². The van der Waals surface area contributed by atoms with Crippen LogP contribution < -0.4 is 5.66 Å². The van der Waals surface area contributed by atoms with Gasteiger partial charge in [-0.15, -0.1) is 0 Å². The zero-order valence-corrected chi connectivity index (χ0v) is 11.4. The minimum Gasteiger partial charge on any atom is -0.469 e. The Morgan fingerprint density at radius 2 is 1.67 bits per heavy atom. The van der Waals surface area contributed by atoms with Crippen molar-refractivity contribution in [2.75, 3.05) is 13.2 Å². The highest BCUT2D eigenvalue weighted by Crippen LogP contribution is 2.36. The van der Waals surface area contributed by atoms with Crippen molar-refractivity contribution in [3.05, 3.63) is 17.9 Å². The molecule has 0 atom stereocenters. The zero-order chi connectivity index (χ0) is 13.0. The Hall–Kier alpha value is -0.775. The summed E-state index contributed by atoms with van der Waals surface area (Å²) in [7, 11) is -0.412. The number of furan rings is 1. The average Bonchev–Trinajstić information content (AvgIpc) is 2.68. The third-order valence-electron chi connectivity index (χ3n) is 4.17. The molecular formula is C13H19BO4. The summed E-state index contributed by atoms with van der Waals surface area (Å²) >= 11 is 0. The highest BCUT2D eigenvalue weighted by atomic mass is 16.7. The van der Waals surface area contributed by atoms with Crippen LogP contribution in [0.1, 0.15) is 39.4 Å². The van der Waals surface area contributed by atoms with E-state index in [4.69, 9.17) is 18.5 Å². The van der Waals surface area contributed by atoms with E-state index in [-0.39, 0.29) is 11.2 Å². The summed E-state index contributed by atoms with van der Waals surface area (Å²) in [5.41, 5.74) is 0.0875. The first-order valence-electron chi connectivity index (χ1n) is 6.42. The summed E-state index contributed by atoms with van der Waals surface area (Å²) < 4.78 is 22.9. The fourth-order valence-electron chi connectivity index (χ4n) is 2.07. The molecule has 98 valence electrons. The molecule has 3 rings (SSSR count). The Morgan fingerprint density at radius 3 is 2.17 bits per heavy atom. The molecule has 0 spiro atoms. The molecule has 0 radical (unpaired) electrons. The fraction of sp³-hybridized carbons (Fsp3) is 0.692. The van der Waals surface area contributed by atoms with Gasteiger partial charge in [0.25, 0.3) is 0 Å². The van der Waals surface area contributed by atoms with Crippen molar-refractivity contribution in [3.8, 4) is 0 Å². The van der Waals surface area contributed by atoms with Crippen molar-refractivity contribution in [3.63, 3.8) is 0 Å². The normalized spacial score (nSPS) is 26.3. The van der Waals surface area contributed by atoms with Crippen LogP contribution in [-0.2, 0) is 14.0 Å². The van der Waals surface area contributed by atoms with Gasteiger partial charge in [-0.2, -0.15) is 0 Å². The second-order valence-corrected chi connectivity index (χ2v) is 6.06. The predicted molar refractivity (Wildman–Crippen MR) is 68.0 cm³/mol. The van der Waals surface area contributed by atoms with Gasteiger partial charge in [-0.1, -0.05) is 0 Å². The van der Waals surface area contributed by atoms with E-state index in [1.807, 2.05) is 39.8 Å². The highest BCUT2D eigenvalue weighted by molar-refractivity contribution is 6.60. The van der Waals surface area contributed by atoms with Gasteiger partial charge in [0.1, 0.15) is 11.4 Å². The van der Waals surface area contributed by atoms with Gasteiger partial charge in [-0.05, 0) is 39.8 Å². The van der Waals surface area contributed by atoms with Gasteiger partial charge in [0, 0.05) is 0 Å². The maximum absolute atomic E-state index is 5.95. The molecular weight excluding hydrogens is 231 g/mol. The molecule has 5 heteroatoms. The maximum atomic E-state index is 5.95. The first-order valence-corrected chi connectivity index (χ1v) is 6.42. The van der Waals surface area contributed by atoms with Crippen LogP contribution in [0.15, 0.2) is 16.5 Å². The number of hydrogen-bond acceptors (Lipinski definition) is 4. The molecule has 2 aliphatic rings. The molecule has 4 nitrogen and oxygen atoms in total. The topological polar surface area (TPSA) is 40.8 Å². The van der Waals surface area contributed by atoms with Crippen LogP contribution in [0.5, 0.6) is 0 Å². The standard InChI is InChI=1S/C13H19BO4/c1-12(2)13(3,4)18-14(17-12)11-6-5-10(16-11)9-7-15-8-9/h5-6,9H,7-8H2,1-4H3. The second kappa shape index (κ2) is 3.86. The lowest BCUT2D eigenvalue weighted by molar-refractivity contribution is 0.000188. The molecule has 0 N–H and O–H groups in total. The van der Waals surface area contributed by atoms with Crippen LogP contribution in [0, 0.1) is 0 Å². The summed E-state index contributed by atoms with van der Waals surface area (Å²) in [6, 6.07) is 3.93. The van der Waals surface area contributed by atoms with Crippen LogP contribution >= 0.6 is 0 Å². The molecule has 2 fully saturated rings. The van der Waals surface area contributed by atoms with Crippen LogP contribution in [0.25, 0.3) is 0 Å². The van der Waals surface area contributed by atoms with E-state index in [0.29, 0.717) is 5.92 Å². The molecule has 0 unspecified atom stereocenters. The Balaban J connectivity index is 1.78. The van der Waals surface area contributed by atoms with Gasteiger partial charge >= 0.3 is 7.12 Å². The quantitative estimate of drug-likeness (QED) is 0.749. The van der Waals surface area contributed by atoms with Crippen molar-refractivity contribution in [1.82, 2.24) is 0 Å². The second-order valence-electron chi connectivity index (χ2n) is 6.06. The first-order chi connectivity index (χ1) is 8.39. The lowest BCUT2D eigenvalue weighted by Crippen LogP contribution is -2.41. The number of rotatable bonds is 2. The molecule has 2 saturated heterocycles. The van der Waals surface area contributed by atoms with Crippen LogP contribution in [-0.4, -0.2) is 31.5 Å². The molecule has 3 heterocycles. The van der Waals surface area contributed by atoms with Crippen LogP contribution in [0.3, 0.4) is 0 Å². The SMILES string of the molecule is CC1(C)OB(c2ccc(C3COC3)o2)OC1(C)C. The van der Waals surface area contributed by atoms with Crippen LogP contribution in [0.4, 0.5) is 0 Å². The molecule has 2 aliphatic heterocycles. The lowest BCUT2D eigenvalue weighted by Gasteiger charge is -2.32. The van der Waals surface area contributed by atoms with E-state index < -0.39 is 7.12 Å². The summed E-state index contributed by atoms with van der Waals surface area (Å²) in [4.78, 5) is 0. The summed E-state index contributed by atoms with van der Waals surface area (Å²) in [5, 5.41) is 0. The molecule has 0 amide bonds.